The molecule has 0 bridgehead atoms. The molecule has 1 aromatic carbocycles. The monoisotopic (exact) mass is 321 g/mol. The summed E-state index contributed by atoms with van der Waals surface area (Å²) in [5, 5.41) is 3.42. The fourth-order valence-corrected chi connectivity index (χ4v) is 1.97. The fourth-order valence-electron chi connectivity index (χ4n) is 1.43. The maximum atomic E-state index is 5.47. The summed E-state index contributed by atoms with van der Waals surface area (Å²) in [6.07, 6.45) is 0. The molecule has 17 heavy (non-hydrogen) atoms. The highest BCUT2D eigenvalue weighted by molar-refractivity contribution is 9.10. The summed E-state index contributed by atoms with van der Waals surface area (Å²) in [4.78, 5) is 0. The summed E-state index contributed by atoms with van der Waals surface area (Å²) < 4.78 is 6.49. The topological polar surface area (TPSA) is 21.3 Å². The summed E-state index contributed by atoms with van der Waals surface area (Å²) in [6.45, 7) is 9.06. The first-order valence-corrected chi connectivity index (χ1v) is 6.54. The Hall–Kier alpha value is -0.250. The van der Waals surface area contributed by atoms with Gasteiger partial charge in [-0.15, -0.1) is 12.4 Å². The van der Waals surface area contributed by atoms with E-state index < -0.39 is 0 Å². The summed E-state index contributed by atoms with van der Waals surface area (Å²) in [5.74, 6) is 1.60. The minimum absolute atomic E-state index is 0. The molecule has 0 atom stereocenters. The lowest BCUT2D eigenvalue weighted by atomic mass is 10.2. The van der Waals surface area contributed by atoms with Crippen molar-refractivity contribution in [2.75, 3.05) is 13.2 Å². The van der Waals surface area contributed by atoms with E-state index in [9.17, 15) is 0 Å². The van der Waals surface area contributed by atoms with E-state index in [1.165, 1.54) is 5.56 Å². The Morgan fingerprint density at radius 2 is 2.06 bits per heavy atom. The van der Waals surface area contributed by atoms with Crippen LogP contribution in [-0.4, -0.2) is 13.2 Å². The van der Waals surface area contributed by atoms with E-state index >= 15 is 0 Å². The van der Waals surface area contributed by atoms with Crippen LogP contribution in [-0.2, 0) is 6.54 Å². The quantitative estimate of drug-likeness (QED) is 0.854. The van der Waals surface area contributed by atoms with E-state index in [0.717, 1.165) is 23.3 Å². The van der Waals surface area contributed by atoms with Gasteiger partial charge in [0.1, 0.15) is 5.75 Å². The highest BCUT2D eigenvalue weighted by Gasteiger charge is 2.02. The number of benzene rings is 1. The lowest BCUT2D eigenvalue weighted by Gasteiger charge is -2.10. The van der Waals surface area contributed by atoms with Crippen molar-refractivity contribution in [3.05, 3.63) is 28.2 Å². The zero-order valence-electron chi connectivity index (χ0n) is 10.6. The molecule has 98 valence electrons. The standard InChI is InChI=1S/C13H20BrNO.ClH/c1-4-16-13-6-5-11(7-12(13)14)9-15-8-10(2)3;/h5-7,10,15H,4,8-9H2,1-3H3;1H. The predicted molar refractivity (Wildman–Crippen MR) is 79.1 cm³/mol. The summed E-state index contributed by atoms with van der Waals surface area (Å²) in [5.41, 5.74) is 1.27. The van der Waals surface area contributed by atoms with Crippen molar-refractivity contribution >= 4 is 28.3 Å². The zero-order chi connectivity index (χ0) is 12.0. The number of hydrogen-bond donors (Lipinski definition) is 1. The van der Waals surface area contributed by atoms with Crippen LogP contribution in [0.25, 0.3) is 0 Å². The second kappa shape index (κ2) is 8.78. The van der Waals surface area contributed by atoms with Gasteiger partial charge in [0.15, 0.2) is 0 Å². The lowest BCUT2D eigenvalue weighted by Crippen LogP contribution is -2.18. The van der Waals surface area contributed by atoms with Crippen molar-refractivity contribution in [3.63, 3.8) is 0 Å². The van der Waals surface area contributed by atoms with Crippen LogP contribution in [0.4, 0.5) is 0 Å². The molecular weight excluding hydrogens is 302 g/mol. The van der Waals surface area contributed by atoms with Crippen LogP contribution in [0.15, 0.2) is 22.7 Å². The van der Waals surface area contributed by atoms with Gasteiger partial charge >= 0.3 is 0 Å². The van der Waals surface area contributed by atoms with Gasteiger partial charge in [-0.2, -0.15) is 0 Å². The Labute approximate surface area is 119 Å². The molecule has 0 saturated heterocycles. The van der Waals surface area contributed by atoms with Crippen molar-refractivity contribution in [3.8, 4) is 5.75 Å². The van der Waals surface area contributed by atoms with Gasteiger partial charge in [0.05, 0.1) is 11.1 Å². The van der Waals surface area contributed by atoms with Gasteiger partial charge < -0.3 is 10.1 Å². The summed E-state index contributed by atoms with van der Waals surface area (Å²) in [6, 6.07) is 6.22. The smallest absolute Gasteiger partial charge is 0.133 e. The van der Waals surface area contributed by atoms with Crippen molar-refractivity contribution < 1.29 is 4.74 Å². The molecule has 4 heteroatoms. The van der Waals surface area contributed by atoms with E-state index in [1.54, 1.807) is 0 Å². The fraction of sp³-hybridized carbons (Fsp3) is 0.538. The van der Waals surface area contributed by atoms with Crippen molar-refractivity contribution in [1.82, 2.24) is 5.32 Å². The Balaban J connectivity index is 0.00000256. The van der Waals surface area contributed by atoms with Crippen LogP contribution in [0.3, 0.4) is 0 Å². The maximum Gasteiger partial charge on any atom is 0.133 e. The average molecular weight is 323 g/mol. The van der Waals surface area contributed by atoms with E-state index in [-0.39, 0.29) is 12.4 Å². The summed E-state index contributed by atoms with van der Waals surface area (Å²) >= 11 is 3.52. The first-order chi connectivity index (χ1) is 7.63. The Morgan fingerprint density at radius 3 is 2.59 bits per heavy atom. The predicted octanol–water partition coefficient (Wildman–Crippen LogP) is 4.02. The molecule has 1 aromatic rings. The van der Waals surface area contributed by atoms with Crippen LogP contribution in [0.1, 0.15) is 26.3 Å². The van der Waals surface area contributed by atoms with Crippen LogP contribution in [0.2, 0.25) is 0 Å². The molecular formula is C13H21BrClNO. The molecule has 0 aliphatic carbocycles. The molecule has 0 aromatic heterocycles. The highest BCUT2D eigenvalue weighted by atomic mass is 79.9. The largest absolute Gasteiger partial charge is 0.493 e. The third-order valence-corrected chi connectivity index (χ3v) is 2.80. The zero-order valence-corrected chi connectivity index (χ0v) is 13.0. The van der Waals surface area contributed by atoms with E-state index in [4.69, 9.17) is 4.74 Å². The first-order valence-electron chi connectivity index (χ1n) is 5.75. The number of rotatable bonds is 6. The molecule has 1 N–H and O–H groups in total. The number of ether oxygens (including phenoxy) is 1. The molecule has 0 unspecified atom stereocenters. The lowest BCUT2D eigenvalue weighted by molar-refractivity contribution is 0.338. The molecule has 2 nitrogen and oxygen atoms in total. The highest BCUT2D eigenvalue weighted by Crippen LogP contribution is 2.25. The Morgan fingerprint density at radius 1 is 1.35 bits per heavy atom. The van der Waals surface area contributed by atoms with Gasteiger partial charge in [0.2, 0.25) is 0 Å². The molecule has 0 aliphatic heterocycles. The average Bonchev–Trinajstić information content (AvgIpc) is 2.21. The molecule has 0 aliphatic rings. The van der Waals surface area contributed by atoms with Crippen molar-refractivity contribution in [2.24, 2.45) is 5.92 Å². The third-order valence-electron chi connectivity index (χ3n) is 2.18. The minimum atomic E-state index is 0. The van der Waals surface area contributed by atoms with Crippen molar-refractivity contribution in [1.29, 1.82) is 0 Å². The van der Waals surface area contributed by atoms with Gasteiger partial charge in [-0.25, -0.2) is 0 Å². The summed E-state index contributed by atoms with van der Waals surface area (Å²) in [7, 11) is 0. The van der Waals surface area contributed by atoms with Gasteiger partial charge in [-0.3, -0.25) is 0 Å². The molecule has 0 heterocycles. The third kappa shape index (κ3) is 6.29. The second-order valence-electron chi connectivity index (χ2n) is 4.22. The first kappa shape index (κ1) is 16.8. The number of nitrogens with one attached hydrogen (secondary N) is 1. The number of hydrogen-bond acceptors (Lipinski definition) is 2. The molecule has 0 radical (unpaired) electrons. The van der Waals surface area contributed by atoms with Crippen LogP contribution in [0.5, 0.6) is 5.75 Å². The normalized spacial score (nSPS) is 10.2. The molecule has 0 spiro atoms. The maximum absolute atomic E-state index is 5.47. The van der Waals surface area contributed by atoms with Gasteiger partial charge in [-0.1, -0.05) is 19.9 Å². The Bertz CT molecular complexity index is 331. The molecule has 0 saturated carbocycles. The molecule has 1 rings (SSSR count). The van der Waals surface area contributed by atoms with Gasteiger partial charge in [-0.05, 0) is 53.0 Å². The second-order valence-corrected chi connectivity index (χ2v) is 5.08. The van der Waals surface area contributed by atoms with Crippen LogP contribution >= 0.6 is 28.3 Å². The molecule has 0 amide bonds. The SMILES string of the molecule is CCOc1ccc(CNCC(C)C)cc1Br.Cl. The van der Waals surface area contributed by atoms with Crippen molar-refractivity contribution in [2.45, 2.75) is 27.3 Å². The van der Waals surface area contributed by atoms with E-state index in [0.29, 0.717) is 12.5 Å². The molecule has 0 fully saturated rings. The number of halogens is 2. The Kier molecular flexibility index (Phi) is 8.66. The van der Waals surface area contributed by atoms with Gasteiger partial charge in [0.25, 0.3) is 0 Å². The van der Waals surface area contributed by atoms with Crippen LogP contribution < -0.4 is 10.1 Å². The van der Waals surface area contributed by atoms with Gasteiger partial charge in [0, 0.05) is 6.54 Å². The van der Waals surface area contributed by atoms with E-state index in [1.807, 2.05) is 13.0 Å². The van der Waals surface area contributed by atoms with E-state index in [2.05, 4.69) is 47.2 Å². The van der Waals surface area contributed by atoms with Crippen LogP contribution in [0, 0.1) is 5.92 Å². The minimum Gasteiger partial charge on any atom is -0.493 e.